The van der Waals surface area contributed by atoms with Gasteiger partial charge in [-0.05, 0) is 0 Å². The quantitative estimate of drug-likeness (QED) is 0.685. The van der Waals surface area contributed by atoms with Crippen LogP contribution in [0.4, 0.5) is 8.78 Å². The van der Waals surface area contributed by atoms with Gasteiger partial charge in [-0.15, -0.1) is 0 Å². The number of rotatable bonds is 1. The molecule has 0 unspecified atom stereocenters. The van der Waals surface area contributed by atoms with Gasteiger partial charge in [0.25, 0.3) is 0 Å². The van der Waals surface area contributed by atoms with Crippen LogP contribution in [0.3, 0.4) is 0 Å². The zero-order chi connectivity index (χ0) is 14.5. The van der Waals surface area contributed by atoms with E-state index in [-0.39, 0.29) is 5.56 Å². The van der Waals surface area contributed by atoms with Gasteiger partial charge in [0, 0.05) is 0 Å². The van der Waals surface area contributed by atoms with Gasteiger partial charge in [0.05, 0.1) is 0 Å². The third-order valence-corrected chi connectivity index (χ3v) is 7.60. The van der Waals surface area contributed by atoms with Crippen LogP contribution in [0.15, 0.2) is 0 Å². The zero-order valence-corrected chi connectivity index (χ0v) is 13.5. The normalized spacial score (nSPS) is 18.4. The van der Waals surface area contributed by atoms with Crippen molar-refractivity contribution >= 4 is 26.6 Å². The van der Waals surface area contributed by atoms with E-state index in [9.17, 15) is 13.6 Å². The second-order valence-electron chi connectivity index (χ2n) is 4.57. The van der Waals surface area contributed by atoms with E-state index in [0.29, 0.717) is 9.13 Å². The van der Waals surface area contributed by atoms with Crippen LogP contribution in [-0.2, 0) is 17.0 Å². The number of fused-ring (bicyclic) bond motifs is 1. The van der Waals surface area contributed by atoms with Crippen molar-refractivity contribution in [1.29, 1.82) is 0 Å². The maximum absolute atomic E-state index is 14.0. The van der Waals surface area contributed by atoms with Crippen LogP contribution in [0.1, 0.15) is 34.7 Å². The first kappa shape index (κ1) is 14.6. The van der Waals surface area contributed by atoms with Crippen LogP contribution < -0.4 is 0 Å². The summed E-state index contributed by atoms with van der Waals surface area (Å²) in [5.41, 5.74) is 2.96. The molecule has 0 atom stereocenters. The van der Waals surface area contributed by atoms with Crippen molar-refractivity contribution in [2.45, 2.75) is 40.7 Å². The van der Waals surface area contributed by atoms with Crippen molar-refractivity contribution in [2.24, 2.45) is 0 Å². The standard InChI is InChI=1S/C13H15F2IO3/c1-6-7(2)9(4)12-11(8(6)3)13(14,15)19-16(12)18-10(5)17/h1-5H3. The number of halogens is 3. The molecule has 1 heterocycles. The summed E-state index contributed by atoms with van der Waals surface area (Å²) in [5.74, 6) is -0.580. The summed E-state index contributed by atoms with van der Waals surface area (Å²) >= 11 is -3.07. The van der Waals surface area contributed by atoms with Crippen molar-refractivity contribution in [3.8, 4) is 0 Å². The van der Waals surface area contributed by atoms with Gasteiger partial charge in [-0.1, -0.05) is 0 Å². The second-order valence-corrected chi connectivity index (χ2v) is 7.77. The molecule has 0 amide bonds. The van der Waals surface area contributed by atoms with Crippen molar-refractivity contribution in [3.05, 3.63) is 31.4 Å². The van der Waals surface area contributed by atoms with Crippen LogP contribution in [-0.4, -0.2) is 5.97 Å². The fourth-order valence-corrected chi connectivity index (χ4v) is 6.16. The number of hydrogen-bond donors (Lipinski definition) is 0. The molecule has 1 aliphatic rings. The van der Waals surface area contributed by atoms with Crippen molar-refractivity contribution in [1.82, 2.24) is 0 Å². The van der Waals surface area contributed by atoms with E-state index in [2.05, 4.69) is 0 Å². The summed E-state index contributed by atoms with van der Waals surface area (Å²) in [7, 11) is 0. The fraction of sp³-hybridized carbons (Fsp3) is 0.462. The molecule has 106 valence electrons. The molecule has 0 aromatic heterocycles. The first-order valence-corrected chi connectivity index (χ1v) is 8.58. The van der Waals surface area contributed by atoms with E-state index in [1.165, 1.54) is 6.92 Å². The molecule has 19 heavy (non-hydrogen) atoms. The molecule has 0 N–H and O–H groups in total. The third kappa shape index (κ3) is 2.24. The number of carbonyl (C=O) groups excluding carboxylic acids is 1. The topological polar surface area (TPSA) is 35.5 Å². The molecular formula is C13H15F2IO3. The summed E-state index contributed by atoms with van der Waals surface area (Å²) in [6.45, 7) is 8.35. The summed E-state index contributed by atoms with van der Waals surface area (Å²) < 4.78 is 38.3. The Hall–Kier alpha value is -0.760. The van der Waals surface area contributed by atoms with Crippen molar-refractivity contribution in [2.75, 3.05) is 0 Å². The molecule has 0 aliphatic carbocycles. The second kappa shape index (κ2) is 4.66. The summed E-state index contributed by atoms with van der Waals surface area (Å²) in [6.07, 6.45) is -3.36. The first-order chi connectivity index (χ1) is 8.66. The minimum atomic E-state index is -3.36. The third-order valence-electron chi connectivity index (χ3n) is 3.40. The summed E-state index contributed by atoms with van der Waals surface area (Å²) in [4.78, 5) is 11.1. The molecule has 0 spiro atoms. The van der Waals surface area contributed by atoms with Gasteiger partial charge in [0.2, 0.25) is 0 Å². The van der Waals surface area contributed by atoms with Crippen LogP contribution in [0, 0.1) is 31.3 Å². The Bertz CT molecular complexity index is 570. The van der Waals surface area contributed by atoms with Crippen molar-refractivity contribution in [3.63, 3.8) is 0 Å². The SMILES string of the molecule is CC(=O)OI1OC(F)(F)c2c(C)c(C)c(C)c(C)c21. The zero-order valence-electron chi connectivity index (χ0n) is 11.4. The predicted molar refractivity (Wildman–Crippen MR) is 74.9 cm³/mol. The first-order valence-electron chi connectivity index (χ1n) is 5.74. The van der Waals surface area contributed by atoms with Gasteiger partial charge < -0.3 is 0 Å². The van der Waals surface area contributed by atoms with E-state index in [0.717, 1.165) is 16.7 Å². The molecule has 0 saturated carbocycles. The summed E-state index contributed by atoms with van der Waals surface area (Å²) in [5, 5.41) is 0. The van der Waals surface area contributed by atoms with Crippen LogP contribution in [0.5, 0.6) is 0 Å². The Morgan fingerprint density at radius 2 is 1.63 bits per heavy atom. The molecule has 3 nitrogen and oxygen atoms in total. The number of benzene rings is 1. The van der Waals surface area contributed by atoms with Crippen LogP contribution in [0.25, 0.3) is 0 Å². The van der Waals surface area contributed by atoms with E-state index < -0.39 is 32.7 Å². The van der Waals surface area contributed by atoms with Gasteiger partial charge in [-0.3, -0.25) is 0 Å². The Balaban J connectivity index is 2.71. The van der Waals surface area contributed by atoms with Gasteiger partial charge in [-0.2, -0.15) is 0 Å². The molecule has 1 aromatic rings. The van der Waals surface area contributed by atoms with Gasteiger partial charge >= 0.3 is 118 Å². The number of carbonyl (C=O) groups is 1. The van der Waals surface area contributed by atoms with E-state index in [1.807, 2.05) is 13.8 Å². The average Bonchev–Trinajstić information content (AvgIpc) is 2.53. The summed E-state index contributed by atoms with van der Waals surface area (Å²) in [6, 6.07) is 0. The van der Waals surface area contributed by atoms with Gasteiger partial charge in [0.15, 0.2) is 0 Å². The predicted octanol–water partition coefficient (Wildman–Crippen LogP) is 4.07. The van der Waals surface area contributed by atoms with Crippen LogP contribution in [0.2, 0.25) is 0 Å². The molecule has 0 fully saturated rings. The molecule has 0 saturated heterocycles. The Kier molecular flexibility index (Phi) is 3.59. The van der Waals surface area contributed by atoms with Gasteiger partial charge in [-0.25, -0.2) is 0 Å². The maximum atomic E-state index is 14.0. The fourth-order valence-electron chi connectivity index (χ4n) is 2.12. The number of alkyl halides is 2. The van der Waals surface area contributed by atoms with E-state index in [4.69, 9.17) is 6.13 Å². The van der Waals surface area contributed by atoms with E-state index in [1.54, 1.807) is 13.8 Å². The Morgan fingerprint density at radius 1 is 1.11 bits per heavy atom. The van der Waals surface area contributed by atoms with Crippen LogP contribution >= 0.6 is 20.6 Å². The van der Waals surface area contributed by atoms with E-state index >= 15 is 0 Å². The molecule has 2 rings (SSSR count). The minimum absolute atomic E-state index is 0.0976. The van der Waals surface area contributed by atoms with Crippen molar-refractivity contribution < 1.29 is 19.7 Å². The molecule has 1 aliphatic heterocycles. The molecule has 1 aromatic carbocycles. The monoisotopic (exact) mass is 384 g/mol. The number of hydrogen-bond acceptors (Lipinski definition) is 3. The molecular weight excluding hydrogens is 369 g/mol. The van der Waals surface area contributed by atoms with Gasteiger partial charge in [0.1, 0.15) is 0 Å². The molecule has 0 radical (unpaired) electrons. The Morgan fingerprint density at radius 3 is 2.16 bits per heavy atom. The Labute approximate surface area is 118 Å². The molecule has 6 heteroatoms. The molecule has 0 bridgehead atoms. The average molecular weight is 384 g/mol.